The van der Waals surface area contributed by atoms with Crippen LogP contribution in [0.25, 0.3) is 0 Å². The van der Waals surface area contributed by atoms with Crippen molar-refractivity contribution in [1.29, 1.82) is 0 Å². The maximum absolute atomic E-state index is 12.3. The Hall–Kier alpha value is -3.54. The molecule has 1 amide bonds. The highest BCUT2D eigenvalue weighted by atomic mass is 16.7. The van der Waals surface area contributed by atoms with Gasteiger partial charge < -0.3 is 20.1 Å². The zero-order chi connectivity index (χ0) is 19.3. The molecule has 0 saturated carbocycles. The van der Waals surface area contributed by atoms with Crippen molar-refractivity contribution in [3.63, 3.8) is 0 Å². The molecule has 2 aromatic carbocycles. The number of rotatable bonds is 6. The Kier molecular flexibility index (Phi) is 5.10. The van der Waals surface area contributed by atoms with Gasteiger partial charge in [0.15, 0.2) is 11.5 Å². The van der Waals surface area contributed by atoms with E-state index in [2.05, 4.69) is 15.6 Å². The lowest BCUT2D eigenvalue weighted by molar-refractivity contribution is 0.0946. The number of aryl methyl sites for hydroxylation is 1. The molecule has 0 saturated heterocycles. The number of hydrogen-bond acceptors (Lipinski definition) is 5. The van der Waals surface area contributed by atoms with Crippen molar-refractivity contribution in [2.75, 3.05) is 12.1 Å². The molecule has 0 atom stereocenters. The largest absolute Gasteiger partial charge is 0.454 e. The van der Waals surface area contributed by atoms with Crippen molar-refractivity contribution >= 4 is 11.6 Å². The van der Waals surface area contributed by atoms with Crippen LogP contribution in [0, 0.1) is 6.92 Å². The number of carbonyl (C=O) groups excluding carboxylic acids is 1. The van der Waals surface area contributed by atoms with E-state index in [1.807, 2.05) is 55.5 Å². The first-order valence-electron chi connectivity index (χ1n) is 9.10. The smallest absolute Gasteiger partial charge is 0.270 e. The second-order valence-corrected chi connectivity index (χ2v) is 6.58. The molecule has 1 aliphatic heterocycles. The molecule has 0 aliphatic carbocycles. The first-order chi connectivity index (χ1) is 13.7. The highest BCUT2D eigenvalue weighted by Crippen LogP contribution is 2.32. The van der Waals surface area contributed by atoms with Gasteiger partial charge in [0.1, 0.15) is 5.69 Å². The highest BCUT2D eigenvalue weighted by Gasteiger charge is 2.13. The number of anilines is 1. The SMILES string of the molecule is Cc1ccccc1CNC(=O)c1ccc(NCc2ccc3c(c2)OCO3)cn1. The molecular formula is C22H21N3O3. The third-order valence-corrected chi connectivity index (χ3v) is 4.63. The van der Waals surface area contributed by atoms with Crippen LogP contribution in [0.5, 0.6) is 11.5 Å². The summed E-state index contributed by atoms with van der Waals surface area (Å²) in [4.78, 5) is 16.6. The first kappa shape index (κ1) is 17.9. The molecule has 3 aromatic rings. The predicted molar refractivity (Wildman–Crippen MR) is 106 cm³/mol. The van der Waals surface area contributed by atoms with Gasteiger partial charge in [-0.05, 0) is 47.9 Å². The molecule has 0 unspecified atom stereocenters. The van der Waals surface area contributed by atoms with Crippen LogP contribution in [0.1, 0.15) is 27.2 Å². The Morgan fingerprint density at radius 3 is 2.71 bits per heavy atom. The van der Waals surface area contributed by atoms with Gasteiger partial charge in [0.05, 0.1) is 11.9 Å². The normalized spacial score (nSPS) is 11.9. The minimum Gasteiger partial charge on any atom is -0.454 e. The van der Waals surface area contributed by atoms with Gasteiger partial charge in [0.2, 0.25) is 6.79 Å². The number of nitrogens with zero attached hydrogens (tertiary/aromatic N) is 1. The van der Waals surface area contributed by atoms with Crippen LogP contribution in [0.4, 0.5) is 5.69 Å². The molecule has 6 heteroatoms. The molecule has 0 bridgehead atoms. The number of pyridine rings is 1. The van der Waals surface area contributed by atoms with E-state index in [1.165, 1.54) is 0 Å². The third-order valence-electron chi connectivity index (χ3n) is 4.63. The summed E-state index contributed by atoms with van der Waals surface area (Å²) >= 11 is 0. The summed E-state index contributed by atoms with van der Waals surface area (Å²) in [6.45, 7) is 3.40. The van der Waals surface area contributed by atoms with Crippen molar-refractivity contribution in [2.24, 2.45) is 0 Å². The molecule has 0 fully saturated rings. The summed E-state index contributed by atoms with van der Waals surface area (Å²) in [5, 5.41) is 6.20. The van der Waals surface area contributed by atoms with E-state index in [1.54, 1.807) is 12.3 Å². The van der Waals surface area contributed by atoms with Gasteiger partial charge in [-0.1, -0.05) is 30.3 Å². The number of carbonyl (C=O) groups is 1. The van der Waals surface area contributed by atoms with Gasteiger partial charge in [0.25, 0.3) is 5.91 Å². The van der Waals surface area contributed by atoms with E-state index in [0.717, 1.165) is 33.9 Å². The first-order valence-corrected chi connectivity index (χ1v) is 9.10. The Morgan fingerprint density at radius 1 is 1.04 bits per heavy atom. The minimum atomic E-state index is -0.189. The fourth-order valence-corrected chi connectivity index (χ4v) is 2.96. The van der Waals surface area contributed by atoms with E-state index < -0.39 is 0 Å². The number of aromatic nitrogens is 1. The van der Waals surface area contributed by atoms with Gasteiger partial charge in [-0.15, -0.1) is 0 Å². The molecule has 142 valence electrons. The van der Waals surface area contributed by atoms with E-state index in [9.17, 15) is 4.79 Å². The minimum absolute atomic E-state index is 0.189. The lowest BCUT2D eigenvalue weighted by Crippen LogP contribution is -2.24. The number of hydrogen-bond donors (Lipinski definition) is 2. The van der Waals surface area contributed by atoms with Crippen LogP contribution < -0.4 is 20.1 Å². The fourth-order valence-electron chi connectivity index (χ4n) is 2.96. The quantitative estimate of drug-likeness (QED) is 0.688. The number of benzene rings is 2. The van der Waals surface area contributed by atoms with Crippen LogP contribution in [-0.4, -0.2) is 17.7 Å². The van der Waals surface area contributed by atoms with Crippen LogP contribution in [0.3, 0.4) is 0 Å². The monoisotopic (exact) mass is 375 g/mol. The average Bonchev–Trinajstić information content (AvgIpc) is 3.20. The zero-order valence-electron chi connectivity index (χ0n) is 15.6. The summed E-state index contributed by atoms with van der Waals surface area (Å²) in [5.41, 5.74) is 4.55. The van der Waals surface area contributed by atoms with Crippen LogP contribution in [-0.2, 0) is 13.1 Å². The summed E-state index contributed by atoms with van der Waals surface area (Å²) in [5.74, 6) is 1.34. The van der Waals surface area contributed by atoms with Crippen molar-refractivity contribution in [3.8, 4) is 11.5 Å². The summed E-state index contributed by atoms with van der Waals surface area (Å²) < 4.78 is 10.7. The fraction of sp³-hybridized carbons (Fsp3) is 0.182. The highest BCUT2D eigenvalue weighted by molar-refractivity contribution is 5.92. The van der Waals surface area contributed by atoms with Crippen LogP contribution in [0.15, 0.2) is 60.8 Å². The molecular weight excluding hydrogens is 354 g/mol. The molecule has 2 N–H and O–H groups in total. The molecule has 1 aromatic heterocycles. The van der Waals surface area contributed by atoms with Crippen LogP contribution in [0.2, 0.25) is 0 Å². The number of amides is 1. The lowest BCUT2D eigenvalue weighted by Gasteiger charge is -2.09. The summed E-state index contributed by atoms with van der Waals surface area (Å²) in [6.07, 6.45) is 1.66. The van der Waals surface area contributed by atoms with E-state index >= 15 is 0 Å². The zero-order valence-corrected chi connectivity index (χ0v) is 15.6. The molecule has 1 aliphatic rings. The number of fused-ring (bicyclic) bond motifs is 1. The number of ether oxygens (including phenoxy) is 2. The summed E-state index contributed by atoms with van der Waals surface area (Å²) in [7, 11) is 0. The lowest BCUT2D eigenvalue weighted by atomic mass is 10.1. The Morgan fingerprint density at radius 2 is 1.89 bits per heavy atom. The predicted octanol–water partition coefficient (Wildman–Crippen LogP) is 3.66. The number of nitrogens with one attached hydrogen (secondary N) is 2. The van der Waals surface area contributed by atoms with E-state index in [4.69, 9.17) is 9.47 Å². The Bertz CT molecular complexity index is 987. The van der Waals surface area contributed by atoms with Gasteiger partial charge in [-0.2, -0.15) is 0 Å². The maximum atomic E-state index is 12.3. The summed E-state index contributed by atoms with van der Waals surface area (Å²) in [6, 6.07) is 17.4. The second kappa shape index (κ2) is 8.00. The second-order valence-electron chi connectivity index (χ2n) is 6.58. The third kappa shape index (κ3) is 4.06. The Balaban J connectivity index is 1.32. The van der Waals surface area contributed by atoms with Crippen molar-refractivity contribution in [1.82, 2.24) is 10.3 Å². The van der Waals surface area contributed by atoms with E-state index in [-0.39, 0.29) is 12.7 Å². The standard InChI is InChI=1S/C22H21N3O3/c1-15-4-2-3-5-17(15)12-25-22(26)19-8-7-18(13-24-19)23-11-16-6-9-20-21(10-16)28-14-27-20/h2-10,13,23H,11-12,14H2,1H3,(H,25,26). The van der Waals surface area contributed by atoms with Gasteiger partial charge >= 0.3 is 0 Å². The molecule has 6 nitrogen and oxygen atoms in total. The van der Waals surface area contributed by atoms with E-state index in [0.29, 0.717) is 18.8 Å². The van der Waals surface area contributed by atoms with Gasteiger partial charge in [-0.25, -0.2) is 4.98 Å². The molecule has 0 radical (unpaired) electrons. The van der Waals surface area contributed by atoms with Crippen LogP contribution >= 0.6 is 0 Å². The van der Waals surface area contributed by atoms with Crippen molar-refractivity contribution in [2.45, 2.75) is 20.0 Å². The maximum Gasteiger partial charge on any atom is 0.270 e. The molecule has 28 heavy (non-hydrogen) atoms. The van der Waals surface area contributed by atoms with Gasteiger partial charge in [0, 0.05) is 13.1 Å². The van der Waals surface area contributed by atoms with Crippen molar-refractivity contribution in [3.05, 3.63) is 83.2 Å². The van der Waals surface area contributed by atoms with Crippen molar-refractivity contribution < 1.29 is 14.3 Å². The molecule has 0 spiro atoms. The topological polar surface area (TPSA) is 72.5 Å². The molecule has 2 heterocycles. The Labute approximate surface area is 163 Å². The molecule has 4 rings (SSSR count). The van der Waals surface area contributed by atoms with Gasteiger partial charge in [-0.3, -0.25) is 4.79 Å². The average molecular weight is 375 g/mol.